The maximum absolute atomic E-state index is 13.6. The molecule has 0 N–H and O–H groups in total. The Morgan fingerprint density at radius 1 is 1.09 bits per heavy atom. The molecule has 2 heterocycles. The van der Waals surface area contributed by atoms with Gasteiger partial charge in [-0.3, -0.25) is 9.36 Å². The molecule has 162 valence electrons. The average Bonchev–Trinajstić information content (AvgIpc) is 3.17. The third kappa shape index (κ3) is 3.82. The Morgan fingerprint density at radius 2 is 1.81 bits per heavy atom. The van der Waals surface area contributed by atoms with E-state index in [0.717, 1.165) is 40.8 Å². The van der Waals surface area contributed by atoms with Crippen molar-refractivity contribution >= 4 is 5.78 Å². The van der Waals surface area contributed by atoms with Crippen LogP contribution >= 0.6 is 0 Å². The highest BCUT2D eigenvalue weighted by Gasteiger charge is 2.21. The largest absolute Gasteiger partial charge is 0.274 e. The Bertz CT molecular complexity index is 1370. The van der Waals surface area contributed by atoms with E-state index in [2.05, 4.69) is 23.1 Å². The first-order valence-electron chi connectivity index (χ1n) is 11.0. The summed E-state index contributed by atoms with van der Waals surface area (Å²) in [6.45, 7) is 7.95. The minimum Gasteiger partial charge on any atom is -0.274 e. The molecule has 32 heavy (non-hydrogen) atoms. The molecular weight excluding hydrogens is 398 g/mol. The zero-order valence-electron chi connectivity index (χ0n) is 19.0. The minimum atomic E-state index is -0.0205. The summed E-state index contributed by atoms with van der Waals surface area (Å²) in [5.41, 5.74) is 5.30. The van der Waals surface area contributed by atoms with Crippen molar-refractivity contribution in [1.29, 1.82) is 5.26 Å². The first kappa shape index (κ1) is 21.5. The Kier molecular flexibility index (Phi) is 5.91. The zero-order chi connectivity index (χ0) is 22.8. The quantitative estimate of drug-likeness (QED) is 0.442. The van der Waals surface area contributed by atoms with E-state index in [1.54, 1.807) is 4.57 Å². The number of nitriles is 1. The van der Waals surface area contributed by atoms with E-state index < -0.39 is 0 Å². The summed E-state index contributed by atoms with van der Waals surface area (Å²) in [7, 11) is 0. The number of hydrogen-bond donors (Lipinski definition) is 0. The molecule has 0 spiro atoms. The topological polar surface area (TPSA) is 76.0 Å². The highest BCUT2D eigenvalue weighted by Crippen LogP contribution is 2.25. The highest BCUT2D eigenvalue weighted by atomic mass is 16.1. The zero-order valence-corrected chi connectivity index (χ0v) is 19.0. The van der Waals surface area contributed by atoms with Gasteiger partial charge in [0.15, 0.2) is 0 Å². The van der Waals surface area contributed by atoms with E-state index in [0.29, 0.717) is 23.6 Å². The van der Waals surface area contributed by atoms with Crippen LogP contribution in [0.25, 0.3) is 16.9 Å². The standard InChI is InChI=1S/C26H27N5O/c1-5-8-24-23(25(32)30(17(2)3)26-28-18(4)29-31(24)26)15-19-11-13-20(14-12-19)22-10-7-6-9-21(22)16-27/h6-7,9-14,17H,5,8,15H2,1-4H3. The fraction of sp³-hybridized carbons (Fsp3) is 0.308. The van der Waals surface area contributed by atoms with Gasteiger partial charge in [-0.25, -0.2) is 4.52 Å². The highest BCUT2D eigenvalue weighted by molar-refractivity contribution is 5.70. The van der Waals surface area contributed by atoms with Gasteiger partial charge >= 0.3 is 0 Å². The maximum Gasteiger partial charge on any atom is 0.258 e. The van der Waals surface area contributed by atoms with Gasteiger partial charge < -0.3 is 0 Å². The number of aryl methyl sites for hydroxylation is 2. The van der Waals surface area contributed by atoms with Crippen LogP contribution in [0.2, 0.25) is 0 Å². The van der Waals surface area contributed by atoms with Crippen LogP contribution < -0.4 is 5.56 Å². The van der Waals surface area contributed by atoms with Crippen molar-refractivity contribution in [1.82, 2.24) is 19.2 Å². The lowest BCUT2D eigenvalue weighted by Crippen LogP contribution is -2.30. The molecule has 6 nitrogen and oxygen atoms in total. The van der Waals surface area contributed by atoms with Crippen molar-refractivity contribution in [3.8, 4) is 17.2 Å². The summed E-state index contributed by atoms with van der Waals surface area (Å²) in [5, 5.41) is 14.0. The van der Waals surface area contributed by atoms with Crippen LogP contribution in [-0.2, 0) is 12.8 Å². The number of rotatable bonds is 6. The van der Waals surface area contributed by atoms with E-state index in [4.69, 9.17) is 0 Å². The molecule has 4 aromatic rings. The molecule has 2 aromatic carbocycles. The molecule has 0 saturated heterocycles. The molecule has 6 heteroatoms. The molecule has 4 rings (SSSR count). The minimum absolute atomic E-state index is 0.00209. The molecule has 0 unspecified atom stereocenters. The molecule has 0 aliphatic rings. The lowest BCUT2D eigenvalue weighted by Gasteiger charge is -2.17. The van der Waals surface area contributed by atoms with Crippen LogP contribution in [0.5, 0.6) is 0 Å². The van der Waals surface area contributed by atoms with Crippen molar-refractivity contribution in [2.45, 2.75) is 53.0 Å². The van der Waals surface area contributed by atoms with Crippen molar-refractivity contribution < 1.29 is 0 Å². The van der Waals surface area contributed by atoms with Gasteiger partial charge in [0.05, 0.1) is 17.3 Å². The van der Waals surface area contributed by atoms with Gasteiger partial charge in [-0.05, 0) is 49.9 Å². The molecule has 0 saturated carbocycles. The summed E-state index contributed by atoms with van der Waals surface area (Å²) < 4.78 is 3.60. The second-order valence-corrected chi connectivity index (χ2v) is 8.35. The van der Waals surface area contributed by atoms with Gasteiger partial charge in [-0.15, -0.1) is 0 Å². The molecule has 2 aromatic heterocycles. The van der Waals surface area contributed by atoms with E-state index in [1.165, 1.54) is 0 Å². The smallest absolute Gasteiger partial charge is 0.258 e. The maximum atomic E-state index is 13.6. The number of hydrogen-bond acceptors (Lipinski definition) is 4. The molecule has 0 aliphatic heterocycles. The van der Waals surface area contributed by atoms with Crippen LogP contribution in [0.15, 0.2) is 53.3 Å². The van der Waals surface area contributed by atoms with Crippen LogP contribution in [0, 0.1) is 18.3 Å². The molecular formula is C26H27N5O. The van der Waals surface area contributed by atoms with Gasteiger partial charge in [0.1, 0.15) is 5.82 Å². The summed E-state index contributed by atoms with van der Waals surface area (Å²) in [6.07, 6.45) is 2.20. The molecule has 0 fully saturated rings. The fourth-order valence-electron chi connectivity index (χ4n) is 4.20. The number of benzene rings is 2. The predicted octanol–water partition coefficient (Wildman–Crippen LogP) is 4.86. The van der Waals surface area contributed by atoms with Crippen molar-refractivity contribution in [2.24, 2.45) is 0 Å². The van der Waals surface area contributed by atoms with Crippen molar-refractivity contribution in [2.75, 3.05) is 0 Å². The Morgan fingerprint density at radius 3 is 2.47 bits per heavy atom. The Balaban J connectivity index is 1.80. The van der Waals surface area contributed by atoms with Crippen LogP contribution in [-0.4, -0.2) is 19.2 Å². The van der Waals surface area contributed by atoms with Crippen LogP contribution in [0.4, 0.5) is 0 Å². The second-order valence-electron chi connectivity index (χ2n) is 8.35. The molecule has 0 aliphatic carbocycles. The molecule has 0 bridgehead atoms. The second kappa shape index (κ2) is 8.80. The van der Waals surface area contributed by atoms with Gasteiger partial charge in [0, 0.05) is 18.0 Å². The van der Waals surface area contributed by atoms with E-state index in [-0.39, 0.29) is 11.6 Å². The van der Waals surface area contributed by atoms with Gasteiger partial charge in [-0.1, -0.05) is 55.8 Å². The number of aromatic nitrogens is 4. The van der Waals surface area contributed by atoms with Gasteiger partial charge in [-0.2, -0.15) is 15.3 Å². The van der Waals surface area contributed by atoms with Crippen LogP contribution in [0.3, 0.4) is 0 Å². The lowest BCUT2D eigenvalue weighted by molar-refractivity contribution is 0.567. The lowest BCUT2D eigenvalue weighted by atomic mass is 9.97. The van der Waals surface area contributed by atoms with E-state index >= 15 is 0 Å². The monoisotopic (exact) mass is 425 g/mol. The fourth-order valence-corrected chi connectivity index (χ4v) is 4.20. The third-order valence-electron chi connectivity index (χ3n) is 5.69. The summed E-state index contributed by atoms with van der Waals surface area (Å²) in [4.78, 5) is 18.1. The summed E-state index contributed by atoms with van der Waals surface area (Å²) in [6, 6.07) is 17.9. The molecule has 0 amide bonds. The Hall–Kier alpha value is -3.72. The average molecular weight is 426 g/mol. The Labute approximate surface area is 187 Å². The van der Waals surface area contributed by atoms with Crippen molar-refractivity contribution in [3.63, 3.8) is 0 Å². The SMILES string of the molecule is CCCc1c(Cc2ccc(-c3ccccc3C#N)cc2)c(=O)n(C(C)C)c2nc(C)nn12. The molecule has 0 radical (unpaired) electrons. The molecule has 0 atom stereocenters. The van der Waals surface area contributed by atoms with Gasteiger partial charge in [0.25, 0.3) is 5.56 Å². The van der Waals surface area contributed by atoms with Crippen LogP contribution in [0.1, 0.15) is 61.4 Å². The third-order valence-corrected chi connectivity index (χ3v) is 5.69. The van der Waals surface area contributed by atoms with Crippen molar-refractivity contribution in [3.05, 3.63) is 87.1 Å². The predicted molar refractivity (Wildman–Crippen MR) is 126 cm³/mol. The van der Waals surface area contributed by atoms with E-state index in [1.807, 2.05) is 73.8 Å². The summed E-state index contributed by atoms with van der Waals surface area (Å²) in [5.74, 6) is 1.27. The van der Waals surface area contributed by atoms with Gasteiger partial charge in [0.2, 0.25) is 5.78 Å². The normalized spacial score (nSPS) is 11.2. The first-order valence-corrected chi connectivity index (χ1v) is 11.0. The summed E-state index contributed by atoms with van der Waals surface area (Å²) >= 11 is 0. The number of fused-ring (bicyclic) bond motifs is 1. The van der Waals surface area contributed by atoms with E-state index in [9.17, 15) is 10.1 Å². The number of nitrogens with zero attached hydrogens (tertiary/aromatic N) is 5. The first-order chi connectivity index (χ1) is 15.4.